The third kappa shape index (κ3) is 2.06. The monoisotopic (exact) mass is 290 g/mol. The van der Waals surface area contributed by atoms with E-state index in [-0.39, 0.29) is 6.54 Å². The van der Waals surface area contributed by atoms with Crippen LogP contribution in [0.5, 0.6) is 0 Å². The number of alkyl halides is 2. The van der Waals surface area contributed by atoms with Crippen LogP contribution in [0.1, 0.15) is 6.42 Å². The molecule has 0 radical (unpaired) electrons. The molecular formula is C11H13BrF2N2. The number of nitrogens with zero attached hydrogens (tertiary/aromatic N) is 1. The summed E-state index contributed by atoms with van der Waals surface area (Å²) < 4.78 is 26.4. The Morgan fingerprint density at radius 2 is 2.06 bits per heavy atom. The van der Waals surface area contributed by atoms with Crippen molar-refractivity contribution in [3.05, 3.63) is 28.7 Å². The fourth-order valence-electron chi connectivity index (χ4n) is 1.95. The minimum absolute atomic E-state index is 0.202. The molecule has 1 aliphatic heterocycles. The van der Waals surface area contributed by atoms with E-state index in [1.54, 1.807) is 0 Å². The zero-order valence-electron chi connectivity index (χ0n) is 8.67. The molecular weight excluding hydrogens is 278 g/mol. The van der Waals surface area contributed by atoms with Gasteiger partial charge in [0.05, 0.1) is 11.2 Å². The minimum atomic E-state index is -2.47. The summed E-state index contributed by atoms with van der Waals surface area (Å²) in [7, 11) is 0. The van der Waals surface area contributed by atoms with Crippen LogP contribution >= 0.6 is 15.9 Å². The first kappa shape index (κ1) is 11.8. The van der Waals surface area contributed by atoms with Crippen molar-refractivity contribution >= 4 is 21.6 Å². The van der Waals surface area contributed by atoms with E-state index >= 15 is 0 Å². The molecule has 0 aromatic heterocycles. The molecule has 88 valence electrons. The van der Waals surface area contributed by atoms with Gasteiger partial charge < -0.3 is 10.6 Å². The number of anilines is 1. The fourth-order valence-corrected chi connectivity index (χ4v) is 2.48. The Morgan fingerprint density at radius 3 is 2.62 bits per heavy atom. The first-order valence-electron chi connectivity index (χ1n) is 5.09. The largest absolute Gasteiger partial charge is 0.368 e. The van der Waals surface area contributed by atoms with Crippen molar-refractivity contribution in [1.29, 1.82) is 0 Å². The molecule has 1 heterocycles. The molecule has 1 aliphatic rings. The SMILES string of the molecule is NC1(C(F)F)CCN(c2ccccc2Br)C1. The van der Waals surface area contributed by atoms with Crippen LogP contribution in [-0.2, 0) is 0 Å². The zero-order chi connectivity index (χ0) is 11.8. The summed E-state index contributed by atoms with van der Waals surface area (Å²) in [5.74, 6) is 0. The Bertz CT molecular complexity index is 386. The number of benzene rings is 1. The maximum absolute atomic E-state index is 12.8. The normalized spacial score (nSPS) is 25.4. The van der Waals surface area contributed by atoms with Gasteiger partial charge in [-0.25, -0.2) is 8.78 Å². The quantitative estimate of drug-likeness (QED) is 0.907. The van der Waals surface area contributed by atoms with Gasteiger partial charge in [-0.3, -0.25) is 0 Å². The molecule has 0 amide bonds. The van der Waals surface area contributed by atoms with Crippen molar-refractivity contribution in [3.8, 4) is 0 Å². The highest BCUT2D eigenvalue weighted by molar-refractivity contribution is 9.10. The van der Waals surface area contributed by atoms with Gasteiger partial charge in [-0.1, -0.05) is 12.1 Å². The second kappa shape index (κ2) is 4.30. The minimum Gasteiger partial charge on any atom is -0.368 e. The molecule has 1 aromatic rings. The summed E-state index contributed by atoms with van der Waals surface area (Å²) in [6.07, 6.45) is -2.15. The zero-order valence-corrected chi connectivity index (χ0v) is 10.3. The lowest BCUT2D eigenvalue weighted by atomic mass is 10.0. The Morgan fingerprint density at radius 1 is 1.38 bits per heavy atom. The molecule has 0 spiro atoms. The molecule has 1 atom stereocenters. The second-order valence-electron chi connectivity index (χ2n) is 4.16. The average molecular weight is 291 g/mol. The van der Waals surface area contributed by atoms with Crippen molar-refractivity contribution in [2.75, 3.05) is 18.0 Å². The molecule has 2 rings (SSSR count). The fraction of sp³-hybridized carbons (Fsp3) is 0.455. The summed E-state index contributed by atoms with van der Waals surface area (Å²) in [5, 5.41) is 0. The van der Waals surface area contributed by atoms with E-state index in [9.17, 15) is 8.78 Å². The highest BCUT2D eigenvalue weighted by atomic mass is 79.9. The molecule has 1 saturated heterocycles. The van der Waals surface area contributed by atoms with Gasteiger partial charge in [0, 0.05) is 17.6 Å². The van der Waals surface area contributed by atoms with E-state index in [2.05, 4.69) is 15.9 Å². The van der Waals surface area contributed by atoms with Crippen LogP contribution < -0.4 is 10.6 Å². The van der Waals surface area contributed by atoms with Crippen LogP contribution in [-0.4, -0.2) is 25.1 Å². The van der Waals surface area contributed by atoms with Crippen LogP contribution in [0.2, 0.25) is 0 Å². The van der Waals surface area contributed by atoms with E-state index in [0.717, 1.165) is 10.2 Å². The molecule has 0 saturated carbocycles. The molecule has 16 heavy (non-hydrogen) atoms. The Hall–Kier alpha value is -0.680. The lowest BCUT2D eigenvalue weighted by Gasteiger charge is -2.25. The average Bonchev–Trinajstić information content (AvgIpc) is 2.63. The molecule has 0 aliphatic carbocycles. The molecule has 1 unspecified atom stereocenters. The number of hydrogen-bond donors (Lipinski definition) is 1. The van der Waals surface area contributed by atoms with Gasteiger partial charge in [-0.15, -0.1) is 0 Å². The molecule has 0 bridgehead atoms. The van der Waals surface area contributed by atoms with E-state index in [1.807, 2.05) is 29.2 Å². The van der Waals surface area contributed by atoms with Crippen LogP contribution in [0.4, 0.5) is 14.5 Å². The van der Waals surface area contributed by atoms with Gasteiger partial charge in [0.15, 0.2) is 0 Å². The lowest BCUT2D eigenvalue weighted by Crippen LogP contribution is -2.49. The second-order valence-corrected chi connectivity index (χ2v) is 5.01. The third-order valence-corrected chi connectivity index (χ3v) is 3.63. The number of nitrogens with two attached hydrogens (primary N) is 1. The van der Waals surface area contributed by atoms with Gasteiger partial charge in [0.25, 0.3) is 6.43 Å². The number of halogens is 3. The van der Waals surface area contributed by atoms with Gasteiger partial charge in [0.1, 0.15) is 0 Å². The summed E-state index contributed by atoms with van der Waals surface area (Å²) in [6.45, 7) is 0.775. The smallest absolute Gasteiger partial charge is 0.258 e. The number of hydrogen-bond acceptors (Lipinski definition) is 2. The van der Waals surface area contributed by atoms with Gasteiger partial charge >= 0.3 is 0 Å². The van der Waals surface area contributed by atoms with Crippen LogP contribution in [0.15, 0.2) is 28.7 Å². The number of para-hydroxylation sites is 1. The highest BCUT2D eigenvalue weighted by Crippen LogP contribution is 2.33. The van der Waals surface area contributed by atoms with Crippen molar-refractivity contribution in [2.45, 2.75) is 18.4 Å². The van der Waals surface area contributed by atoms with Crippen LogP contribution in [0.3, 0.4) is 0 Å². The van der Waals surface area contributed by atoms with Crippen LogP contribution in [0, 0.1) is 0 Å². The maximum atomic E-state index is 12.8. The lowest BCUT2D eigenvalue weighted by molar-refractivity contribution is 0.0655. The van der Waals surface area contributed by atoms with Crippen molar-refractivity contribution in [2.24, 2.45) is 5.73 Å². The van der Waals surface area contributed by atoms with Crippen molar-refractivity contribution in [3.63, 3.8) is 0 Å². The predicted octanol–water partition coefficient (Wildman–Crippen LogP) is 2.62. The van der Waals surface area contributed by atoms with Crippen molar-refractivity contribution < 1.29 is 8.78 Å². The van der Waals surface area contributed by atoms with E-state index in [0.29, 0.717) is 13.0 Å². The first-order chi connectivity index (χ1) is 7.53. The first-order valence-corrected chi connectivity index (χ1v) is 5.89. The molecule has 1 fully saturated rings. The maximum Gasteiger partial charge on any atom is 0.258 e. The summed E-state index contributed by atoms with van der Waals surface area (Å²) in [6, 6.07) is 7.58. The molecule has 5 heteroatoms. The molecule has 2 N–H and O–H groups in total. The Kier molecular flexibility index (Phi) is 3.17. The third-order valence-electron chi connectivity index (χ3n) is 2.96. The standard InChI is InChI=1S/C11H13BrF2N2/c12-8-3-1-2-4-9(8)16-6-5-11(15,7-16)10(13)14/h1-4,10H,5-7,15H2. The van der Waals surface area contributed by atoms with Gasteiger partial charge in [-0.2, -0.15) is 0 Å². The Labute approximate surface area is 102 Å². The van der Waals surface area contributed by atoms with Gasteiger partial charge in [0.2, 0.25) is 0 Å². The van der Waals surface area contributed by atoms with Crippen molar-refractivity contribution in [1.82, 2.24) is 0 Å². The summed E-state index contributed by atoms with van der Waals surface area (Å²) >= 11 is 3.41. The van der Waals surface area contributed by atoms with E-state index < -0.39 is 12.0 Å². The predicted molar refractivity (Wildman–Crippen MR) is 63.9 cm³/mol. The molecule has 2 nitrogen and oxygen atoms in total. The molecule has 1 aromatic carbocycles. The topological polar surface area (TPSA) is 29.3 Å². The Balaban J connectivity index is 2.18. The highest BCUT2D eigenvalue weighted by Gasteiger charge is 2.42. The summed E-state index contributed by atoms with van der Waals surface area (Å²) in [4.78, 5) is 1.90. The van der Waals surface area contributed by atoms with E-state index in [4.69, 9.17) is 5.73 Å². The van der Waals surface area contributed by atoms with Crippen LogP contribution in [0.25, 0.3) is 0 Å². The summed E-state index contributed by atoms with van der Waals surface area (Å²) in [5.41, 5.74) is 5.23. The number of rotatable bonds is 2. The van der Waals surface area contributed by atoms with Gasteiger partial charge in [-0.05, 0) is 34.5 Å². The van der Waals surface area contributed by atoms with E-state index in [1.165, 1.54) is 0 Å².